The molecule has 1 aliphatic carbocycles. The van der Waals surface area contributed by atoms with Crippen LogP contribution >= 0.6 is 11.3 Å². The first-order chi connectivity index (χ1) is 7.56. The molecule has 3 nitrogen and oxygen atoms in total. The number of aliphatic carboxylic acids is 1. The van der Waals surface area contributed by atoms with Crippen LogP contribution in [0.15, 0.2) is 11.4 Å². The van der Waals surface area contributed by atoms with Gasteiger partial charge in [-0.1, -0.05) is 0 Å². The van der Waals surface area contributed by atoms with Gasteiger partial charge < -0.3 is 10.2 Å². The lowest BCUT2D eigenvalue weighted by Gasteiger charge is -2.35. The average Bonchev–Trinajstić information content (AvgIpc) is 2.66. The van der Waals surface area contributed by atoms with Crippen LogP contribution in [0.3, 0.4) is 0 Å². The second-order valence-corrected chi connectivity index (χ2v) is 5.47. The molecule has 0 saturated heterocycles. The fraction of sp³-hybridized carbons (Fsp3) is 0.583. The maximum atomic E-state index is 11.6. The molecule has 0 atom stereocenters. The fourth-order valence-corrected chi connectivity index (χ4v) is 3.68. The van der Waals surface area contributed by atoms with Gasteiger partial charge in [-0.3, -0.25) is 4.79 Å². The van der Waals surface area contributed by atoms with Gasteiger partial charge >= 0.3 is 5.97 Å². The van der Waals surface area contributed by atoms with E-state index in [9.17, 15) is 15.0 Å². The zero-order valence-electron chi connectivity index (χ0n) is 9.27. The first kappa shape index (κ1) is 11.6. The van der Waals surface area contributed by atoms with Gasteiger partial charge in [-0.2, -0.15) is 0 Å². The maximum Gasteiger partial charge on any atom is 0.314 e. The zero-order valence-corrected chi connectivity index (χ0v) is 10.1. The van der Waals surface area contributed by atoms with Gasteiger partial charge in [0, 0.05) is 4.88 Å². The highest BCUT2D eigenvalue weighted by Crippen LogP contribution is 2.43. The van der Waals surface area contributed by atoms with Gasteiger partial charge in [0.25, 0.3) is 0 Å². The molecule has 0 aliphatic heterocycles. The van der Waals surface area contributed by atoms with Gasteiger partial charge in [-0.25, -0.2) is 0 Å². The van der Waals surface area contributed by atoms with Crippen molar-refractivity contribution in [2.45, 2.75) is 44.1 Å². The molecular formula is C12H16O3S. The lowest BCUT2D eigenvalue weighted by molar-refractivity contribution is -0.146. The van der Waals surface area contributed by atoms with Crippen LogP contribution < -0.4 is 0 Å². The Morgan fingerprint density at radius 1 is 1.50 bits per heavy atom. The van der Waals surface area contributed by atoms with Crippen molar-refractivity contribution < 1.29 is 15.0 Å². The SMILES string of the molecule is Cc1ccsc1C1(C(=O)O)CCC(O)CC1. The Hall–Kier alpha value is -0.870. The summed E-state index contributed by atoms with van der Waals surface area (Å²) in [6.07, 6.45) is 1.94. The van der Waals surface area contributed by atoms with Crippen molar-refractivity contribution in [1.29, 1.82) is 0 Å². The van der Waals surface area contributed by atoms with Gasteiger partial charge in [-0.05, 0) is 49.6 Å². The summed E-state index contributed by atoms with van der Waals surface area (Å²) in [5.74, 6) is -0.745. The van der Waals surface area contributed by atoms with Crippen molar-refractivity contribution in [3.8, 4) is 0 Å². The highest BCUT2D eigenvalue weighted by atomic mass is 32.1. The third-order valence-electron chi connectivity index (χ3n) is 3.51. The predicted octanol–water partition coefficient (Wildman–Crippen LogP) is 2.31. The number of aryl methyl sites for hydroxylation is 1. The van der Waals surface area contributed by atoms with Crippen molar-refractivity contribution in [3.63, 3.8) is 0 Å². The molecule has 1 saturated carbocycles. The molecule has 0 radical (unpaired) electrons. The summed E-state index contributed by atoms with van der Waals surface area (Å²) in [5.41, 5.74) is 0.307. The molecule has 88 valence electrons. The monoisotopic (exact) mass is 240 g/mol. The van der Waals surface area contributed by atoms with Crippen molar-refractivity contribution in [3.05, 3.63) is 21.9 Å². The fourth-order valence-electron chi connectivity index (χ4n) is 2.50. The number of carboxylic acids is 1. The summed E-state index contributed by atoms with van der Waals surface area (Å²) in [6.45, 7) is 1.96. The van der Waals surface area contributed by atoms with Crippen molar-refractivity contribution in [1.82, 2.24) is 0 Å². The minimum atomic E-state index is -0.752. The summed E-state index contributed by atoms with van der Waals surface area (Å²) in [6, 6.07) is 1.97. The summed E-state index contributed by atoms with van der Waals surface area (Å²) < 4.78 is 0. The Bertz CT molecular complexity index is 389. The van der Waals surface area contributed by atoms with Crippen LogP contribution in [0.2, 0.25) is 0 Å². The van der Waals surface area contributed by atoms with E-state index in [1.54, 1.807) is 0 Å². The van der Waals surface area contributed by atoms with Gasteiger partial charge in [0.1, 0.15) is 5.41 Å². The molecule has 0 spiro atoms. The molecule has 0 amide bonds. The Morgan fingerprint density at radius 2 is 2.12 bits per heavy atom. The van der Waals surface area contributed by atoms with E-state index in [2.05, 4.69) is 0 Å². The first-order valence-electron chi connectivity index (χ1n) is 5.52. The minimum absolute atomic E-state index is 0.326. The molecular weight excluding hydrogens is 224 g/mol. The van der Waals surface area contributed by atoms with E-state index in [0.29, 0.717) is 25.7 Å². The predicted molar refractivity (Wildman–Crippen MR) is 62.8 cm³/mol. The molecule has 1 aromatic heterocycles. The smallest absolute Gasteiger partial charge is 0.314 e. The van der Waals surface area contributed by atoms with E-state index in [1.807, 2.05) is 18.4 Å². The van der Waals surface area contributed by atoms with E-state index in [4.69, 9.17) is 0 Å². The molecule has 1 aromatic rings. The highest BCUT2D eigenvalue weighted by molar-refractivity contribution is 7.10. The van der Waals surface area contributed by atoms with E-state index < -0.39 is 11.4 Å². The van der Waals surface area contributed by atoms with Crippen LogP contribution in [0.1, 0.15) is 36.1 Å². The van der Waals surface area contributed by atoms with Gasteiger partial charge in [-0.15, -0.1) is 11.3 Å². The summed E-state index contributed by atoms with van der Waals surface area (Å²) in [7, 11) is 0. The van der Waals surface area contributed by atoms with Crippen molar-refractivity contribution in [2.75, 3.05) is 0 Å². The number of aliphatic hydroxyl groups excluding tert-OH is 1. The zero-order chi connectivity index (χ0) is 11.8. The normalized spacial score (nSPS) is 30.2. The van der Waals surface area contributed by atoms with Crippen LogP contribution in [0, 0.1) is 6.92 Å². The van der Waals surface area contributed by atoms with E-state index >= 15 is 0 Å². The summed E-state index contributed by atoms with van der Waals surface area (Å²) >= 11 is 1.52. The number of carboxylic acid groups (broad SMARTS) is 1. The van der Waals surface area contributed by atoms with E-state index in [0.717, 1.165) is 10.4 Å². The quantitative estimate of drug-likeness (QED) is 0.834. The molecule has 16 heavy (non-hydrogen) atoms. The molecule has 4 heteroatoms. The lowest BCUT2D eigenvalue weighted by atomic mass is 9.71. The van der Waals surface area contributed by atoms with Crippen LogP contribution in [0.4, 0.5) is 0 Å². The number of hydrogen-bond donors (Lipinski definition) is 2. The number of carbonyl (C=O) groups is 1. The highest BCUT2D eigenvalue weighted by Gasteiger charge is 2.44. The van der Waals surface area contributed by atoms with Crippen LogP contribution in [0.5, 0.6) is 0 Å². The molecule has 0 aromatic carbocycles. The topological polar surface area (TPSA) is 57.5 Å². The molecule has 2 rings (SSSR count). The van der Waals surface area contributed by atoms with Crippen molar-refractivity contribution in [2.24, 2.45) is 0 Å². The minimum Gasteiger partial charge on any atom is -0.481 e. The molecule has 0 unspecified atom stereocenters. The molecule has 1 fully saturated rings. The number of hydrogen-bond acceptors (Lipinski definition) is 3. The van der Waals surface area contributed by atoms with E-state index in [-0.39, 0.29) is 6.10 Å². The second-order valence-electron chi connectivity index (χ2n) is 4.55. The number of rotatable bonds is 2. The standard InChI is InChI=1S/C12H16O3S/c1-8-4-7-16-10(8)12(11(14)15)5-2-9(13)3-6-12/h4,7,9,13H,2-3,5-6H2,1H3,(H,14,15). The largest absolute Gasteiger partial charge is 0.481 e. The lowest BCUT2D eigenvalue weighted by Crippen LogP contribution is -2.40. The second kappa shape index (κ2) is 4.18. The number of aliphatic hydroxyl groups is 1. The van der Waals surface area contributed by atoms with E-state index in [1.165, 1.54) is 11.3 Å². The molecule has 0 bridgehead atoms. The van der Waals surface area contributed by atoms with Gasteiger partial charge in [0.05, 0.1) is 6.10 Å². The molecule has 1 aliphatic rings. The Kier molecular flexibility index (Phi) is 3.04. The third-order valence-corrected chi connectivity index (χ3v) is 4.74. The van der Waals surface area contributed by atoms with Crippen LogP contribution in [-0.2, 0) is 10.2 Å². The van der Waals surface area contributed by atoms with Crippen LogP contribution in [0.25, 0.3) is 0 Å². The Morgan fingerprint density at radius 3 is 2.56 bits per heavy atom. The first-order valence-corrected chi connectivity index (χ1v) is 6.40. The van der Waals surface area contributed by atoms with Crippen molar-refractivity contribution >= 4 is 17.3 Å². The molecule has 2 N–H and O–H groups in total. The average molecular weight is 240 g/mol. The van der Waals surface area contributed by atoms with Gasteiger partial charge in [0.2, 0.25) is 0 Å². The number of thiophene rings is 1. The Balaban J connectivity index is 2.37. The van der Waals surface area contributed by atoms with Crippen LogP contribution in [-0.4, -0.2) is 22.3 Å². The van der Waals surface area contributed by atoms with Gasteiger partial charge in [0.15, 0.2) is 0 Å². The summed E-state index contributed by atoms with van der Waals surface area (Å²) in [4.78, 5) is 12.5. The maximum absolute atomic E-state index is 11.6. The Labute approximate surface area is 98.7 Å². The molecule has 1 heterocycles. The summed E-state index contributed by atoms with van der Waals surface area (Å²) in [5, 5.41) is 20.9. The third kappa shape index (κ3) is 1.76.